The molecule has 0 atom stereocenters. The van der Waals surface area contributed by atoms with Crippen LogP contribution >= 0.6 is 0 Å². The second kappa shape index (κ2) is 8.81. The van der Waals surface area contributed by atoms with E-state index in [1.54, 1.807) is 25.3 Å². The number of nitrogens with one attached hydrogen (secondary N) is 1. The molecule has 2 aromatic carbocycles. The maximum absolute atomic E-state index is 13.8. The van der Waals surface area contributed by atoms with E-state index in [4.69, 9.17) is 5.11 Å². The number of hydrogen-bond acceptors (Lipinski definition) is 4. The smallest absolute Gasteiger partial charge is 0.251 e. The summed E-state index contributed by atoms with van der Waals surface area (Å²) in [4.78, 5) is 19.0. The second-order valence-corrected chi connectivity index (χ2v) is 7.59. The Morgan fingerprint density at radius 3 is 2.81 bits per heavy atom. The van der Waals surface area contributed by atoms with Crippen molar-refractivity contribution in [1.82, 2.24) is 10.3 Å². The van der Waals surface area contributed by atoms with Gasteiger partial charge in [-0.25, -0.2) is 13.8 Å². The molecule has 2 heterocycles. The summed E-state index contributed by atoms with van der Waals surface area (Å²) in [5.74, 6) is -1.12. The molecular weight excluding hydrogens is 400 g/mol. The number of hydrogen-bond donors (Lipinski definition) is 2. The second-order valence-electron chi connectivity index (χ2n) is 7.59. The minimum absolute atomic E-state index is 0.110. The minimum atomic E-state index is -0.843. The molecule has 0 spiro atoms. The molecule has 5 nitrogen and oxygen atoms in total. The number of aryl methyl sites for hydroxylation is 1. The van der Waals surface area contributed by atoms with Crippen LogP contribution in [0.3, 0.4) is 0 Å². The SMILES string of the molecule is Cc1cc(Cc2ccnc(N3CCc4c(C(=O)NCCO)cccc43)c2)cc(F)c1F. The van der Waals surface area contributed by atoms with E-state index >= 15 is 0 Å². The van der Waals surface area contributed by atoms with Gasteiger partial charge in [0.1, 0.15) is 5.82 Å². The van der Waals surface area contributed by atoms with Crippen LogP contribution in [0.5, 0.6) is 0 Å². The van der Waals surface area contributed by atoms with E-state index < -0.39 is 11.6 Å². The lowest BCUT2D eigenvalue weighted by Gasteiger charge is -2.19. The number of pyridine rings is 1. The highest BCUT2D eigenvalue weighted by Gasteiger charge is 2.26. The number of aromatic nitrogens is 1. The fraction of sp³-hybridized carbons (Fsp3) is 0.250. The first-order valence-corrected chi connectivity index (χ1v) is 10.2. The van der Waals surface area contributed by atoms with Gasteiger partial charge in [-0.15, -0.1) is 0 Å². The van der Waals surface area contributed by atoms with Gasteiger partial charge in [-0.05, 0) is 72.4 Å². The Labute approximate surface area is 179 Å². The Bertz CT molecular complexity index is 1110. The predicted molar refractivity (Wildman–Crippen MR) is 115 cm³/mol. The number of benzene rings is 2. The molecule has 0 aliphatic carbocycles. The van der Waals surface area contributed by atoms with Gasteiger partial charge < -0.3 is 15.3 Å². The van der Waals surface area contributed by atoms with Gasteiger partial charge in [0, 0.05) is 30.5 Å². The Balaban J connectivity index is 1.60. The van der Waals surface area contributed by atoms with E-state index in [0.29, 0.717) is 30.5 Å². The van der Waals surface area contributed by atoms with E-state index in [1.807, 2.05) is 24.3 Å². The van der Waals surface area contributed by atoms with Crippen LogP contribution in [0.2, 0.25) is 0 Å². The average Bonchev–Trinajstić information content (AvgIpc) is 3.20. The van der Waals surface area contributed by atoms with E-state index in [9.17, 15) is 13.6 Å². The molecule has 2 N–H and O–H groups in total. The summed E-state index contributed by atoms with van der Waals surface area (Å²) in [7, 11) is 0. The lowest BCUT2D eigenvalue weighted by molar-refractivity contribution is 0.0944. The number of aliphatic hydroxyl groups excluding tert-OH is 1. The Morgan fingerprint density at radius 1 is 1.19 bits per heavy atom. The van der Waals surface area contributed by atoms with Crippen molar-refractivity contribution >= 4 is 17.4 Å². The molecule has 7 heteroatoms. The highest BCUT2D eigenvalue weighted by atomic mass is 19.2. The largest absolute Gasteiger partial charge is 0.395 e. The monoisotopic (exact) mass is 423 g/mol. The summed E-state index contributed by atoms with van der Waals surface area (Å²) in [6.45, 7) is 2.33. The quantitative estimate of drug-likeness (QED) is 0.635. The van der Waals surface area contributed by atoms with Crippen molar-refractivity contribution in [2.75, 3.05) is 24.6 Å². The number of amides is 1. The standard InChI is InChI=1S/C24H23F2N3O2/c1-15-11-17(13-20(25)23(15)26)12-16-5-7-27-22(14-16)29-9-6-18-19(3-2-4-21(18)29)24(31)28-8-10-30/h2-5,7,11,13-14,30H,6,8-10,12H2,1H3,(H,28,31). The van der Waals surface area contributed by atoms with Crippen LogP contribution in [-0.4, -0.2) is 35.7 Å². The van der Waals surface area contributed by atoms with Crippen molar-refractivity contribution in [3.63, 3.8) is 0 Å². The zero-order chi connectivity index (χ0) is 22.0. The molecule has 0 bridgehead atoms. The summed E-state index contributed by atoms with van der Waals surface area (Å²) in [6, 6.07) is 12.2. The van der Waals surface area contributed by atoms with Crippen LogP contribution in [0.4, 0.5) is 20.3 Å². The molecule has 3 aromatic rings. The van der Waals surface area contributed by atoms with Crippen LogP contribution in [0.15, 0.2) is 48.7 Å². The number of aliphatic hydroxyl groups is 1. The molecule has 31 heavy (non-hydrogen) atoms. The number of nitrogens with zero attached hydrogens (tertiary/aromatic N) is 2. The zero-order valence-electron chi connectivity index (χ0n) is 17.2. The van der Waals surface area contributed by atoms with Gasteiger partial charge in [-0.2, -0.15) is 0 Å². The third-order valence-electron chi connectivity index (χ3n) is 5.43. The number of carbonyl (C=O) groups is 1. The fourth-order valence-electron chi connectivity index (χ4n) is 4.00. The summed E-state index contributed by atoms with van der Waals surface area (Å²) in [5.41, 5.74) is 4.37. The Morgan fingerprint density at radius 2 is 2.03 bits per heavy atom. The van der Waals surface area contributed by atoms with Crippen molar-refractivity contribution < 1.29 is 18.7 Å². The highest BCUT2D eigenvalue weighted by Crippen LogP contribution is 2.35. The number of rotatable bonds is 6. The average molecular weight is 423 g/mol. The molecule has 1 amide bonds. The van der Waals surface area contributed by atoms with Gasteiger partial charge in [-0.1, -0.05) is 12.1 Å². The van der Waals surface area contributed by atoms with E-state index in [0.717, 1.165) is 22.6 Å². The number of anilines is 2. The molecular formula is C24H23F2N3O2. The van der Waals surface area contributed by atoms with Crippen molar-refractivity contribution in [3.8, 4) is 0 Å². The molecule has 1 aromatic heterocycles. The van der Waals surface area contributed by atoms with Gasteiger partial charge in [0.25, 0.3) is 5.91 Å². The van der Waals surface area contributed by atoms with Crippen LogP contribution < -0.4 is 10.2 Å². The van der Waals surface area contributed by atoms with E-state index in [2.05, 4.69) is 15.2 Å². The lowest BCUT2D eigenvalue weighted by atomic mass is 10.0. The normalized spacial score (nSPS) is 12.7. The molecule has 4 rings (SSSR count). The topological polar surface area (TPSA) is 65.5 Å². The molecule has 0 saturated carbocycles. The van der Waals surface area contributed by atoms with Crippen molar-refractivity contribution in [3.05, 3.63) is 88.1 Å². The third kappa shape index (κ3) is 4.27. The first kappa shape index (κ1) is 20.9. The maximum Gasteiger partial charge on any atom is 0.251 e. The number of halogens is 2. The van der Waals surface area contributed by atoms with Crippen LogP contribution in [0.1, 0.15) is 32.6 Å². The van der Waals surface area contributed by atoms with Crippen molar-refractivity contribution in [2.24, 2.45) is 0 Å². The molecule has 1 aliphatic heterocycles. The number of fused-ring (bicyclic) bond motifs is 1. The molecule has 0 fully saturated rings. The van der Waals surface area contributed by atoms with Gasteiger partial charge in [0.15, 0.2) is 11.6 Å². The Kier molecular flexibility index (Phi) is 5.95. The van der Waals surface area contributed by atoms with Crippen LogP contribution in [0, 0.1) is 18.6 Å². The first-order chi connectivity index (χ1) is 15.0. The van der Waals surface area contributed by atoms with Crippen molar-refractivity contribution in [2.45, 2.75) is 19.8 Å². The van der Waals surface area contributed by atoms with E-state index in [1.165, 1.54) is 6.07 Å². The highest BCUT2D eigenvalue weighted by molar-refractivity contribution is 5.98. The first-order valence-electron chi connectivity index (χ1n) is 10.2. The summed E-state index contributed by atoms with van der Waals surface area (Å²) in [5, 5.41) is 11.7. The maximum atomic E-state index is 13.8. The van der Waals surface area contributed by atoms with Gasteiger partial charge in [-0.3, -0.25) is 4.79 Å². The van der Waals surface area contributed by atoms with Gasteiger partial charge >= 0.3 is 0 Å². The van der Waals surface area contributed by atoms with Gasteiger partial charge in [0.2, 0.25) is 0 Å². The third-order valence-corrected chi connectivity index (χ3v) is 5.43. The molecule has 1 aliphatic rings. The fourth-order valence-corrected chi connectivity index (χ4v) is 4.00. The lowest BCUT2D eigenvalue weighted by Crippen LogP contribution is -2.27. The predicted octanol–water partition coefficient (Wildman–Crippen LogP) is 3.68. The molecule has 0 radical (unpaired) electrons. The van der Waals surface area contributed by atoms with Crippen molar-refractivity contribution in [1.29, 1.82) is 0 Å². The number of carbonyl (C=O) groups excluding carboxylic acids is 1. The van der Waals surface area contributed by atoms with Crippen LogP contribution in [-0.2, 0) is 12.8 Å². The molecule has 160 valence electrons. The van der Waals surface area contributed by atoms with Gasteiger partial charge in [0.05, 0.1) is 6.61 Å². The molecule has 0 unspecified atom stereocenters. The van der Waals surface area contributed by atoms with Crippen LogP contribution in [0.25, 0.3) is 0 Å². The summed E-state index contributed by atoms with van der Waals surface area (Å²) in [6.07, 6.45) is 2.86. The minimum Gasteiger partial charge on any atom is -0.395 e. The summed E-state index contributed by atoms with van der Waals surface area (Å²) < 4.78 is 27.4. The zero-order valence-corrected chi connectivity index (χ0v) is 17.2. The summed E-state index contributed by atoms with van der Waals surface area (Å²) >= 11 is 0. The Hall–Kier alpha value is -3.32. The molecule has 0 saturated heterocycles. The van der Waals surface area contributed by atoms with E-state index in [-0.39, 0.29) is 24.6 Å².